The first-order valence-corrected chi connectivity index (χ1v) is 7.95. The predicted molar refractivity (Wildman–Crippen MR) is 88.2 cm³/mol. The molecule has 0 spiro atoms. The fourth-order valence-electron chi connectivity index (χ4n) is 2.55. The minimum absolute atomic E-state index is 0.112. The van der Waals surface area contributed by atoms with Crippen LogP contribution < -0.4 is 5.32 Å². The third-order valence-corrected chi connectivity index (χ3v) is 5.02. The Kier molecular flexibility index (Phi) is 4.04. The van der Waals surface area contributed by atoms with Crippen LogP contribution in [0.5, 0.6) is 0 Å². The summed E-state index contributed by atoms with van der Waals surface area (Å²) in [7, 11) is 0. The Morgan fingerprint density at radius 2 is 1.76 bits per heavy atom. The second-order valence-corrected chi connectivity index (χ2v) is 6.47. The van der Waals surface area contributed by atoms with Crippen LogP contribution in [0.2, 0.25) is 0 Å². The van der Waals surface area contributed by atoms with E-state index < -0.39 is 0 Å². The van der Waals surface area contributed by atoms with E-state index in [4.69, 9.17) is 0 Å². The molecule has 3 aromatic rings. The third kappa shape index (κ3) is 3.14. The van der Waals surface area contributed by atoms with E-state index in [9.17, 15) is 4.39 Å². The molecule has 3 heteroatoms. The highest BCUT2D eigenvalue weighted by Gasteiger charge is 2.13. The van der Waals surface area contributed by atoms with Crippen molar-refractivity contribution in [3.8, 4) is 0 Å². The molecule has 0 aliphatic heterocycles. The van der Waals surface area contributed by atoms with Crippen LogP contribution in [0.15, 0.2) is 54.6 Å². The molecule has 0 fully saturated rings. The number of benzene rings is 2. The summed E-state index contributed by atoms with van der Waals surface area (Å²) < 4.78 is 14.6. The molecule has 0 aliphatic rings. The van der Waals surface area contributed by atoms with Crippen molar-refractivity contribution in [2.24, 2.45) is 0 Å². The summed E-state index contributed by atoms with van der Waals surface area (Å²) in [4.78, 5) is 1.31. The van der Waals surface area contributed by atoms with Gasteiger partial charge in [0, 0.05) is 21.7 Å². The first kappa shape index (κ1) is 14.2. The van der Waals surface area contributed by atoms with E-state index in [-0.39, 0.29) is 17.9 Å². The zero-order valence-electron chi connectivity index (χ0n) is 12.1. The quantitative estimate of drug-likeness (QED) is 0.675. The van der Waals surface area contributed by atoms with Crippen molar-refractivity contribution in [2.75, 3.05) is 0 Å². The van der Waals surface area contributed by atoms with Crippen molar-refractivity contribution in [3.05, 3.63) is 70.9 Å². The van der Waals surface area contributed by atoms with Crippen LogP contribution in [0, 0.1) is 5.82 Å². The maximum Gasteiger partial charge on any atom is 0.123 e. The van der Waals surface area contributed by atoms with E-state index in [0.717, 1.165) is 5.56 Å². The highest BCUT2D eigenvalue weighted by Crippen LogP contribution is 2.30. The average molecular weight is 299 g/mol. The van der Waals surface area contributed by atoms with Crippen molar-refractivity contribution >= 4 is 21.4 Å². The fraction of sp³-hybridized carbons (Fsp3) is 0.222. The Hall–Kier alpha value is -1.71. The number of nitrogens with one attached hydrogen (secondary N) is 1. The molecule has 1 nitrogen and oxygen atoms in total. The lowest BCUT2D eigenvalue weighted by atomic mass is 10.1. The molecule has 21 heavy (non-hydrogen) atoms. The lowest BCUT2D eigenvalue weighted by Crippen LogP contribution is -2.21. The lowest BCUT2D eigenvalue weighted by molar-refractivity contribution is 0.497. The van der Waals surface area contributed by atoms with Crippen LogP contribution in [0.3, 0.4) is 0 Å². The number of rotatable bonds is 4. The minimum Gasteiger partial charge on any atom is -0.303 e. The number of fused-ring (bicyclic) bond motifs is 1. The first-order chi connectivity index (χ1) is 10.1. The van der Waals surface area contributed by atoms with Crippen LogP contribution in [0.1, 0.15) is 36.4 Å². The molecular weight excluding hydrogens is 281 g/mol. The first-order valence-electron chi connectivity index (χ1n) is 7.13. The van der Waals surface area contributed by atoms with E-state index in [1.54, 1.807) is 12.1 Å². The molecule has 108 valence electrons. The van der Waals surface area contributed by atoms with Crippen LogP contribution in [0.25, 0.3) is 10.1 Å². The Balaban J connectivity index is 1.77. The molecule has 0 aliphatic carbocycles. The van der Waals surface area contributed by atoms with Crippen molar-refractivity contribution < 1.29 is 4.39 Å². The van der Waals surface area contributed by atoms with Gasteiger partial charge >= 0.3 is 0 Å². The summed E-state index contributed by atoms with van der Waals surface area (Å²) in [5, 5.41) is 4.83. The van der Waals surface area contributed by atoms with Gasteiger partial charge in [0.15, 0.2) is 0 Å². The van der Waals surface area contributed by atoms with Crippen molar-refractivity contribution in [1.29, 1.82) is 0 Å². The van der Waals surface area contributed by atoms with Gasteiger partial charge in [-0.15, -0.1) is 11.3 Å². The Labute approximate surface area is 128 Å². The number of hydrogen-bond donors (Lipinski definition) is 1. The molecule has 1 aromatic heterocycles. The fourth-order valence-corrected chi connectivity index (χ4v) is 3.62. The summed E-state index contributed by atoms with van der Waals surface area (Å²) in [5.41, 5.74) is 0.975. The molecule has 0 saturated carbocycles. The highest BCUT2D eigenvalue weighted by molar-refractivity contribution is 7.19. The number of thiophene rings is 1. The summed E-state index contributed by atoms with van der Waals surface area (Å²) in [6, 6.07) is 17.8. The Morgan fingerprint density at radius 1 is 0.952 bits per heavy atom. The largest absolute Gasteiger partial charge is 0.303 e. The van der Waals surface area contributed by atoms with Gasteiger partial charge < -0.3 is 5.32 Å². The SMILES string of the molecule is CC(N[C@H](C)c1cccc(F)c1)c1cc2ccccc2s1. The molecule has 2 aromatic carbocycles. The Morgan fingerprint density at radius 3 is 2.52 bits per heavy atom. The van der Waals surface area contributed by atoms with Crippen molar-refractivity contribution in [3.63, 3.8) is 0 Å². The third-order valence-electron chi connectivity index (χ3n) is 3.72. The summed E-state index contributed by atoms with van der Waals surface area (Å²) in [6.45, 7) is 4.22. The maximum absolute atomic E-state index is 13.3. The lowest BCUT2D eigenvalue weighted by Gasteiger charge is -2.19. The van der Waals surface area contributed by atoms with Crippen molar-refractivity contribution in [1.82, 2.24) is 5.32 Å². The molecule has 1 unspecified atom stereocenters. The van der Waals surface area contributed by atoms with Gasteiger partial charge in [0.1, 0.15) is 5.82 Å². The minimum atomic E-state index is -0.185. The molecule has 1 heterocycles. The molecule has 0 radical (unpaired) electrons. The summed E-state index contributed by atoms with van der Waals surface area (Å²) in [5.74, 6) is -0.185. The molecule has 0 amide bonds. The highest BCUT2D eigenvalue weighted by atomic mass is 32.1. The van der Waals surface area contributed by atoms with Gasteiger partial charge in [-0.3, -0.25) is 0 Å². The van der Waals surface area contributed by atoms with Crippen LogP contribution in [0.4, 0.5) is 4.39 Å². The zero-order valence-corrected chi connectivity index (χ0v) is 13.0. The van der Waals surface area contributed by atoms with Gasteiger partial charge in [-0.05, 0) is 49.1 Å². The van der Waals surface area contributed by atoms with E-state index in [1.165, 1.54) is 21.0 Å². The topological polar surface area (TPSA) is 12.0 Å². The van der Waals surface area contributed by atoms with Crippen LogP contribution in [-0.4, -0.2) is 0 Å². The molecule has 1 N–H and O–H groups in total. The Bertz CT molecular complexity index is 717. The van der Waals surface area contributed by atoms with E-state index in [1.807, 2.05) is 17.4 Å². The molecule has 0 saturated heterocycles. The van der Waals surface area contributed by atoms with Crippen LogP contribution >= 0.6 is 11.3 Å². The number of hydrogen-bond acceptors (Lipinski definition) is 2. The maximum atomic E-state index is 13.3. The second-order valence-electron chi connectivity index (χ2n) is 5.35. The average Bonchev–Trinajstić information content (AvgIpc) is 2.91. The van der Waals surface area contributed by atoms with Gasteiger partial charge in [-0.1, -0.05) is 30.3 Å². The molecule has 0 bridgehead atoms. The second kappa shape index (κ2) is 5.96. The molecular formula is C18H18FNS. The summed E-state index contributed by atoms with van der Waals surface area (Å²) >= 11 is 1.81. The van der Waals surface area contributed by atoms with E-state index in [2.05, 4.69) is 49.5 Å². The van der Waals surface area contributed by atoms with Gasteiger partial charge in [0.25, 0.3) is 0 Å². The predicted octanol–water partition coefficient (Wildman–Crippen LogP) is 5.45. The van der Waals surface area contributed by atoms with Gasteiger partial charge in [-0.2, -0.15) is 0 Å². The van der Waals surface area contributed by atoms with Gasteiger partial charge in [0.2, 0.25) is 0 Å². The van der Waals surface area contributed by atoms with E-state index >= 15 is 0 Å². The van der Waals surface area contributed by atoms with E-state index in [0.29, 0.717) is 0 Å². The normalized spacial score (nSPS) is 14.2. The van der Waals surface area contributed by atoms with Gasteiger partial charge in [-0.25, -0.2) is 4.39 Å². The molecule has 2 atom stereocenters. The zero-order chi connectivity index (χ0) is 14.8. The smallest absolute Gasteiger partial charge is 0.123 e. The van der Waals surface area contributed by atoms with Crippen LogP contribution in [-0.2, 0) is 0 Å². The molecule has 3 rings (SSSR count). The van der Waals surface area contributed by atoms with Gasteiger partial charge in [0.05, 0.1) is 0 Å². The monoisotopic (exact) mass is 299 g/mol. The summed E-state index contributed by atoms with van der Waals surface area (Å²) in [6.07, 6.45) is 0. The van der Waals surface area contributed by atoms with Crippen molar-refractivity contribution in [2.45, 2.75) is 25.9 Å². The standard InChI is InChI=1S/C18H18FNS/c1-12(14-7-5-8-16(19)10-14)20-13(2)18-11-15-6-3-4-9-17(15)21-18/h3-13,20H,1-2H3/t12-,13?/m1/s1. The number of halogens is 1.